The van der Waals surface area contributed by atoms with E-state index in [1.807, 2.05) is 30.3 Å². The smallest absolute Gasteiger partial charge is 0.324 e. The molecule has 1 aliphatic carbocycles. The number of rotatable bonds is 2. The van der Waals surface area contributed by atoms with E-state index in [4.69, 9.17) is 9.47 Å². The first-order valence-corrected chi connectivity index (χ1v) is 7.13. The van der Waals surface area contributed by atoms with Gasteiger partial charge < -0.3 is 9.47 Å². The van der Waals surface area contributed by atoms with Crippen LogP contribution in [0.1, 0.15) is 37.7 Å². The van der Waals surface area contributed by atoms with Crippen LogP contribution in [-0.4, -0.2) is 18.7 Å². The van der Waals surface area contributed by atoms with Crippen LogP contribution >= 0.6 is 0 Å². The van der Waals surface area contributed by atoms with Crippen molar-refractivity contribution in [1.82, 2.24) is 0 Å². The third-order valence-corrected chi connectivity index (χ3v) is 4.52. The quantitative estimate of drug-likeness (QED) is 0.614. The predicted molar refractivity (Wildman–Crippen MR) is 71.7 cm³/mol. The van der Waals surface area contributed by atoms with Gasteiger partial charge in [0.1, 0.15) is 0 Å². The molecule has 106 valence electrons. The maximum Gasteiger partial charge on any atom is 0.324 e. The van der Waals surface area contributed by atoms with Crippen LogP contribution < -0.4 is 0 Å². The van der Waals surface area contributed by atoms with E-state index in [1.54, 1.807) is 0 Å². The van der Waals surface area contributed by atoms with Crippen molar-refractivity contribution in [2.24, 2.45) is 5.92 Å². The molecule has 0 radical (unpaired) electrons. The van der Waals surface area contributed by atoms with E-state index in [0.29, 0.717) is 0 Å². The summed E-state index contributed by atoms with van der Waals surface area (Å²) < 4.78 is 9.96. The first kappa shape index (κ1) is 13.2. The predicted octanol–water partition coefficient (Wildman–Crippen LogP) is 2.56. The van der Waals surface area contributed by atoms with Crippen molar-refractivity contribution in [2.75, 3.05) is 6.79 Å². The second kappa shape index (κ2) is 5.27. The molecule has 2 fully saturated rings. The summed E-state index contributed by atoms with van der Waals surface area (Å²) in [6.45, 7) is -0.251. The summed E-state index contributed by atoms with van der Waals surface area (Å²) in [5, 5.41) is 0. The normalized spacial score (nSPS) is 23.0. The highest BCUT2D eigenvalue weighted by molar-refractivity contribution is 5.98. The van der Waals surface area contributed by atoms with Gasteiger partial charge in [-0.25, -0.2) is 0 Å². The van der Waals surface area contributed by atoms with E-state index < -0.39 is 23.3 Å². The lowest BCUT2D eigenvalue weighted by molar-refractivity contribution is -0.195. The van der Waals surface area contributed by atoms with E-state index in [-0.39, 0.29) is 6.79 Å². The summed E-state index contributed by atoms with van der Waals surface area (Å²) in [5.41, 5.74) is 0.578. The van der Waals surface area contributed by atoms with Crippen molar-refractivity contribution < 1.29 is 19.1 Å². The van der Waals surface area contributed by atoms with Crippen molar-refractivity contribution in [3.63, 3.8) is 0 Å². The Kier molecular flexibility index (Phi) is 3.47. The van der Waals surface area contributed by atoms with Crippen LogP contribution in [-0.2, 0) is 24.5 Å². The molecule has 0 unspecified atom stereocenters. The Hall–Kier alpha value is -1.84. The molecule has 0 bridgehead atoms. The molecule has 1 saturated carbocycles. The van der Waals surface area contributed by atoms with Crippen LogP contribution in [0.3, 0.4) is 0 Å². The standard InChI is InChI=1S/C16H18O4/c17-14-13(15(18)20-11-19-14)16(9-5-2-6-10-16)12-7-3-1-4-8-12/h1,3-4,7-8,13H,2,5-6,9-11H2. The summed E-state index contributed by atoms with van der Waals surface area (Å²) in [6.07, 6.45) is 4.83. The van der Waals surface area contributed by atoms with Gasteiger partial charge in [-0.1, -0.05) is 49.6 Å². The van der Waals surface area contributed by atoms with E-state index in [1.165, 1.54) is 0 Å². The molecule has 1 saturated heterocycles. The van der Waals surface area contributed by atoms with Crippen LogP contribution in [0.5, 0.6) is 0 Å². The maximum atomic E-state index is 12.2. The monoisotopic (exact) mass is 274 g/mol. The molecular weight excluding hydrogens is 256 g/mol. The lowest BCUT2D eigenvalue weighted by Gasteiger charge is -2.42. The van der Waals surface area contributed by atoms with Crippen molar-refractivity contribution in [1.29, 1.82) is 0 Å². The van der Waals surface area contributed by atoms with E-state index >= 15 is 0 Å². The molecule has 0 aromatic heterocycles. The van der Waals surface area contributed by atoms with Gasteiger partial charge in [-0.05, 0) is 18.4 Å². The molecule has 1 aromatic rings. The highest BCUT2D eigenvalue weighted by Crippen LogP contribution is 2.46. The van der Waals surface area contributed by atoms with Gasteiger partial charge >= 0.3 is 11.9 Å². The molecule has 0 N–H and O–H groups in total. The third-order valence-electron chi connectivity index (χ3n) is 4.52. The Labute approximate surface area is 118 Å². The largest absolute Gasteiger partial charge is 0.427 e. The molecule has 0 amide bonds. The molecule has 3 rings (SSSR count). The fraction of sp³-hybridized carbons (Fsp3) is 0.500. The second-order valence-corrected chi connectivity index (χ2v) is 5.56. The average Bonchev–Trinajstić information content (AvgIpc) is 2.49. The first-order valence-electron chi connectivity index (χ1n) is 7.13. The van der Waals surface area contributed by atoms with E-state index in [0.717, 1.165) is 37.7 Å². The minimum absolute atomic E-state index is 0.251. The molecule has 1 aromatic carbocycles. The zero-order chi connectivity index (χ0) is 14.0. The number of benzene rings is 1. The van der Waals surface area contributed by atoms with Gasteiger partial charge in [0, 0.05) is 5.41 Å². The SMILES string of the molecule is O=C1OCOC(=O)C1C1(c2ccccc2)CCCCC1. The fourth-order valence-electron chi connectivity index (χ4n) is 3.56. The lowest BCUT2D eigenvalue weighted by Crippen LogP contribution is -2.50. The molecule has 4 nitrogen and oxygen atoms in total. The second-order valence-electron chi connectivity index (χ2n) is 5.56. The van der Waals surface area contributed by atoms with Crippen LogP contribution in [0.25, 0.3) is 0 Å². The number of hydrogen-bond donors (Lipinski definition) is 0. The minimum atomic E-state index is -0.820. The Morgan fingerprint density at radius 1 is 0.900 bits per heavy atom. The molecule has 1 aliphatic heterocycles. The number of hydrogen-bond acceptors (Lipinski definition) is 4. The van der Waals surface area contributed by atoms with Crippen molar-refractivity contribution >= 4 is 11.9 Å². The van der Waals surface area contributed by atoms with Gasteiger partial charge in [-0.3, -0.25) is 9.59 Å². The summed E-state index contributed by atoms with van der Waals surface area (Å²) >= 11 is 0. The Morgan fingerprint density at radius 2 is 1.50 bits per heavy atom. The van der Waals surface area contributed by atoms with Crippen LogP contribution in [0.15, 0.2) is 30.3 Å². The van der Waals surface area contributed by atoms with Crippen molar-refractivity contribution in [2.45, 2.75) is 37.5 Å². The Balaban J connectivity index is 2.05. The third kappa shape index (κ3) is 2.09. The number of esters is 2. The van der Waals surface area contributed by atoms with E-state index in [9.17, 15) is 9.59 Å². The first-order chi connectivity index (χ1) is 9.74. The zero-order valence-electron chi connectivity index (χ0n) is 11.3. The van der Waals surface area contributed by atoms with Gasteiger partial charge in [-0.15, -0.1) is 0 Å². The van der Waals surface area contributed by atoms with Gasteiger partial charge in [-0.2, -0.15) is 0 Å². The fourth-order valence-corrected chi connectivity index (χ4v) is 3.56. The molecule has 1 heterocycles. The Bertz CT molecular complexity index is 486. The number of cyclic esters (lactones) is 2. The summed E-state index contributed by atoms with van der Waals surface area (Å²) in [5.74, 6) is -1.70. The van der Waals surface area contributed by atoms with Gasteiger partial charge in [0.05, 0.1) is 0 Å². The minimum Gasteiger partial charge on any atom is -0.427 e. The van der Waals surface area contributed by atoms with Crippen molar-refractivity contribution in [3.8, 4) is 0 Å². The van der Waals surface area contributed by atoms with Crippen LogP contribution in [0.2, 0.25) is 0 Å². The highest BCUT2D eigenvalue weighted by Gasteiger charge is 2.52. The summed E-state index contributed by atoms with van der Waals surface area (Å²) in [7, 11) is 0. The highest BCUT2D eigenvalue weighted by atomic mass is 16.7. The lowest BCUT2D eigenvalue weighted by atomic mass is 9.62. The zero-order valence-corrected chi connectivity index (χ0v) is 11.3. The van der Waals surface area contributed by atoms with Crippen LogP contribution in [0, 0.1) is 5.92 Å². The van der Waals surface area contributed by atoms with Gasteiger partial charge in [0.15, 0.2) is 5.92 Å². The number of carbonyl (C=O) groups excluding carboxylic acids is 2. The van der Waals surface area contributed by atoms with Gasteiger partial charge in [0.2, 0.25) is 6.79 Å². The summed E-state index contributed by atoms with van der Waals surface area (Å²) in [6, 6.07) is 9.84. The van der Waals surface area contributed by atoms with Crippen molar-refractivity contribution in [3.05, 3.63) is 35.9 Å². The molecule has 2 aliphatic rings. The molecule has 4 heteroatoms. The average molecular weight is 274 g/mol. The van der Waals surface area contributed by atoms with Crippen LogP contribution in [0.4, 0.5) is 0 Å². The molecular formula is C16H18O4. The summed E-state index contributed by atoms with van der Waals surface area (Å²) in [4.78, 5) is 24.3. The van der Waals surface area contributed by atoms with E-state index in [2.05, 4.69) is 0 Å². The maximum absolute atomic E-state index is 12.2. The molecule has 0 spiro atoms. The van der Waals surface area contributed by atoms with Gasteiger partial charge in [0.25, 0.3) is 0 Å². The topological polar surface area (TPSA) is 52.6 Å². The molecule has 20 heavy (non-hydrogen) atoms. The number of ether oxygens (including phenoxy) is 2. The Morgan fingerprint density at radius 3 is 2.10 bits per heavy atom. The molecule has 0 atom stereocenters. The number of carbonyl (C=O) groups is 2.